The first-order valence-corrected chi connectivity index (χ1v) is 10.8. The molecule has 0 unspecified atom stereocenters. The molecule has 1 heterocycles. The van der Waals surface area contributed by atoms with Crippen LogP contribution in [0.2, 0.25) is 0 Å². The molecule has 2 atom stereocenters. The van der Waals surface area contributed by atoms with Crippen molar-refractivity contribution in [3.8, 4) is 11.5 Å². The summed E-state index contributed by atoms with van der Waals surface area (Å²) >= 11 is 0. The highest BCUT2D eigenvalue weighted by Crippen LogP contribution is 2.21. The summed E-state index contributed by atoms with van der Waals surface area (Å²) in [7, 11) is 0. The smallest absolute Gasteiger partial charge is 0.127 e. The summed E-state index contributed by atoms with van der Waals surface area (Å²) in [6, 6.07) is 18.4. The molecule has 29 heavy (non-hydrogen) atoms. The molecular formula is C25H33NO3. The molecule has 1 fully saturated rings. The summed E-state index contributed by atoms with van der Waals surface area (Å²) in [5, 5.41) is 12.7. The van der Waals surface area contributed by atoms with E-state index in [0.717, 1.165) is 44.0 Å². The van der Waals surface area contributed by atoms with Gasteiger partial charge in [-0.1, -0.05) is 55.3 Å². The molecule has 4 nitrogen and oxygen atoms in total. The SMILES string of the molecule is O[C@H]1CN[C@H](COCCCCCC/C=C/c2ccc(Oc3ccccc3)cc2)C1. The fraction of sp³-hybridized carbons (Fsp3) is 0.440. The molecule has 4 heteroatoms. The third-order valence-corrected chi connectivity index (χ3v) is 5.10. The van der Waals surface area contributed by atoms with Crippen molar-refractivity contribution in [2.45, 2.75) is 50.7 Å². The standard InChI is InChI=1S/C25H33NO3/c27-23-18-22(26-19-23)20-28-17-9-4-2-1-3-6-10-21-13-15-25(16-14-21)29-24-11-7-5-8-12-24/h5-8,10-16,22-23,26-27H,1-4,9,17-20H2/b10-6+/t22-,23+/m0/s1. The number of hydrogen-bond acceptors (Lipinski definition) is 4. The maximum absolute atomic E-state index is 9.45. The molecule has 2 aromatic carbocycles. The van der Waals surface area contributed by atoms with Crippen LogP contribution in [0.1, 0.15) is 44.1 Å². The van der Waals surface area contributed by atoms with Crippen molar-refractivity contribution in [3.63, 3.8) is 0 Å². The largest absolute Gasteiger partial charge is 0.457 e. The minimum Gasteiger partial charge on any atom is -0.457 e. The van der Waals surface area contributed by atoms with Crippen LogP contribution in [0.15, 0.2) is 60.7 Å². The van der Waals surface area contributed by atoms with Gasteiger partial charge in [0.2, 0.25) is 0 Å². The van der Waals surface area contributed by atoms with E-state index in [4.69, 9.17) is 9.47 Å². The number of rotatable bonds is 12. The highest BCUT2D eigenvalue weighted by Gasteiger charge is 2.21. The molecule has 0 aromatic heterocycles. The summed E-state index contributed by atoms with van der Waals surface area (Å²) in [4.78, 5) is 0. The molecule has 0 radical (unpaired) electrons. The molecule has 0 aliphatic carbocycles. The van der Waals surface area contributed by atoms with Crippen molar-refractivity contribution < 1.29 is 14.6 Å². The second-order valence-electron chi connectivity index (χ2n) is 7.66. The second-order valence-corrected chi connectivity index (χ2v) is 7.66. The van der Waals surface area contributed by atoms with Gasteiger partial charge in [-0.05, 0) is 55.5 Å². The van der Waals surface area contributed by atoms with E-state index in [1.165, 1.54) is 24.8 Å². The van der Waals surface area contributed by atoms with Gasteiger partial charge in [0, 0.05) is 19.2 Å². The zero-order valence-electron chi connectivity index (χ0n) is 17.1. The van der Waals surface area contributed by atoms with Crippen molar-refractivity contribution in [2.24, 2.45) is 0 Å². The number of benzene rings is 2. The van der Waals surface area contributed by atoms with Crippen LogP contribution in [0.5, 0.6) is 11.5 Å². The van der Waals surface area contributed by atoms with Gasteiger partial charge in [0.15, 0.2) is 0 Å². The van der Waals surface area contributed by atoms with Gasteiger partial charge in [-0.2, -0.15) is 0 Å². The summed E-state index contributed by atoms with van der Waals surface area (Å²) in [6.07, 6.45) is 10.9. The zero-order chi connectivity index (χ0) is 20.2. The molecule has 156 valence electrons. The summed E-state index contributed by atoms with van der Waals surface area (Å²) < 4.78 is 11.5. The molecule has 1 saturated heterocycles. The van der Waals surface area contributed by atoms with Gasteiger partial charge in [0.1, 0.15) is 11.5 Å². The highest BCUT2D eigenvalue weighted by atomic mass is 16.5. The fourth-order valence-electron chi connectivity index (χ4n) is 3.46. The van der Waals surface area contributed by atoms with Crippen LogP contribution in [0.25, 0.3) is 6.08 Å². The van der Waals surface area contributed by atoms with Gasteiger partial charge in [-0.15, -0.1) is 0 Å². The van der Waals surface area contributed by atoms with E-state index < -0.39 is 0 Å². The van der Waals surface area contributed by atoms with Crippen LogP contribution in [-0.2, 0) is 4.74 Å². The number of β-amino-alcohol motifs (C(OH)–C–C–N with tert-alkyl or cyclic N) is 1. The Bertz CT molecular complexity index is 715. The average molecular weight is 396 g/mol. The normalized spacial score (nSPS) is 19.1. The minimum atomic E-state index is -0.197. The van der Waals surface area contributed by atoms with Crippen LogP contribution in [0.3, 0.4) is 0 Å². The van der Waals surface area contributed by atoms with Gasteiger partial charge in [-0.25, -0.2) is 0 Å². The van der Waals surface area contributed by atoms with Gasteiger partial charge < -0.3 is 19.9 Å². The first-order valence-electron chi connectivity index (χ1n) is 10.8. The predicted molar refractivity (Wildman–Crippen MR) is 118 cm³/mol. The molecule has 1 aliphatic heterocycles. The number of unbranched alkanes of at least 4 members (excludes halogenated alkanes) is 4. The molecule has 1 aliphatic rings. The van der Waals surface area contributed by atoms with Crippen LogP contribution >= 0.6 is 0 Å². The van der Waals surface area contributed by atoms with Crippen LogP contribution in [-0.4, -0.2) is 37.0 Å². The van der Waals surface area contributed by atoms with E-state index in [2.05, 4.69) is 29.6 Å². The first kappa shape index (κ1) is 21.6. The van der Waals surface area contributed by atoms with E-state index in [-0.39, 0.29) is 6.10 Å². The lowest BCUT2D eigenvalue weighted by Crippen LogP contribution is -2.26. The summed E-state index contributed by atoms with van der Waals surface area (Å²) in [6.45, 7) is 2.24. The van der Waals surface area contributed by atoms with Gasteiger partial charge in [0.05, 0.1) is 12.7 Å². The monoisotopic (exact) mass is 395 g/mol. The Labute approximate surface area is 174 Å². The van der Waals surface area contributed by atoms with Crippen LogP contribution < -0.4 is 10.1 Å². The van der Waals surface area contributed by atoms with E-state index in [9.17, 15) is 5.11 Å². The zero-order valence-corrected chi connectivity index (χ0v) is 17.1. The number of allylic oxidation sites excluding steroid dienone is 1. The van der Waals surface area contributed by atoms with Crippen molar-refractivity contribution in [1.29, 1.82) is 0 Å². The number of para-hydroxylation sites is 1. The Kier molecular flexibility index (Phi) is 9.24. The highest BCUT2D eigenvalue weighted by molar-refractivity contribution is 5.50. The van der Waals surface area contributed by atoms with Crippen molar-refractivity contribution in [3.05, 3.63) is 66.2 Å². The lowest BCUT2D eigenvalue weighted by molar-refractivity contribution is 0.107. The molecule has 2 N–H and O–H groups in total. The van der Waals surface area contributed by atoms with Crippen LogP contribution in [0, 0.1) is 0 Å². The maximum Gasteiger partial charge on any atom is 0.127 e. The first-order chi connectivity index (χ1) is 14.3. The average Bonchev–Trinajstić information content (AvgIpc) is 3.16. The Morgan fingerprint density at radius 1 is 0.931 bits per heavy atom. The van der Waals surface area contributed by atoms with Crippen molar-refractivity contribution >= 4 is 6.08 Å². The maximum atomic E-state index is 9.45. The third-order valence-electron chi connectivity index (χ3n) is 5.10. The van der Waals surface area contributed by atoms with E-state index in [0.29, 0.717) is 12.6 Å². The Balaban J connectivity index is 1.20. The lowest BCUT2D eigenvalue weighted by atomic mass is 10.1. The van der Waals surface area contributed by atoms with Crippen molar-refractivity contribution in [1.82, 2.24) is 5.32 Å². The quantitative estimate of drug-likeness (QED) is 0.486. The molecule has 0 bridgehead atoms. The van der Waals surface area contributed by atoms with Gasteiger partial charge in [0.25, 0.3) is 0 Å². The number of nitrogens with one attached hydrogen (secondary N) is 1. The fourth-order valence-corrected chi connectivity index (χ4v) is 3.46. The lowest BCUT2D eigenvalue weighted by Gasteiger charge is -2.10. The van der Waals surface area contributed by atoms with Crippen molar-refractivity contribution in [2.75, 3.05) is 19.8 Å². The van der Waals surface area contributed by atoms with Crippen LogP contribution in [0.4, 0.5) is 0 Å². The number of hydrogen-bond donors (Lipinski definition) is 2. The second kappa shape index (κ2) is 12.4. The molecular weight excluding hydrogens is 362 g/mol. The van der Waals surface area contributed by atoms with E-state index in [1.54, 1.807) is 0 Å². The third kappa shape index (κ3) is 8.40. The van der Waals surface area contributed by atoms with Gasteiger partial charge >= 0.3 is 0 Å². The van der Waals surface area contributed by atoms with E-state index >= 15 is 0 Å². The Hall–Kier alpha value is -2.14. The van der Waals surface area contributed by atoms with E-state index in [1.807, 2.05) is 42.5 Å². The number of aliphatic hydroxyl groups excluding tert-OH is 1. The number of aliphatic hydroxyl groups is 1. The minimum absolute atomic E-state index is 0.197. The molecule has 2 aromatic rings. The summed E-state index contributed by atoms with van der Waals surface area (Å²) in [5.41, 5.74) is 1.20. The van der Waals surface area contributed by atoms with Gasteiger partial charge in [-0.3, -0.25) is 0 Å². The topological polar surface area (TPSA) is 50.7 Å². The molecule has 0 amide bonds. The molecule has 0 spiro atoms. The predicted octanol–water partition coefficient (Wildman–Crippen LogP) is 5.18. The number of ether oxygens (including phenoxy) is 2. The molecule has 0 saturated carbocycles. The summed E-state index contributed by atoms with van der Waals surface area (Å²) in [5.74, 6) is 1.71. The molecule has 3 rings (SSSR count). The Morgan fingerprint density at radius 2 is 1.69 bits per heavy atom. The Morgan fingerprint density at radius 3 is 2.45 bits per heavy atom.